The van der Waals surface area contributed by atoms with Gasteiger partial charge in [0.05, 0.1) is 13.3 Å². The molecule has 2 aliphatic heterocycles. The SMILES string of the molecule is C1CCCC1.C=CCN1C=CN(CC2CCCC2)C1.C=CCN1C=CN(CC2CCCC2)C1.N#[N+]c1ccc2c(c1)C(=O)c1ccccc1C2=O.O=C1c2ccccc2C(=O)c2cc(C3CCCC3)ccc21.[Br-].[Br-].[Fe].[Fe]. The minimum Gasteiger partial charge on any atom is -1.00 e. The van der Waals surface area contributed by atoms with E-state index in [1.165, 1.54) is 146 Å². The Hall–Kier alpha value is -4.86. The van der Waals surface area contributed by atoms with E-state index < -0.39 is 0 Å². The topological polar surface area (TPSA) is 109 Å². The molecule has 0 unspecified atom stereocenters. The monoisotopic (exact) mass is 1240 g/mol. The Labute approximate surface area is 494 Å². The van der Waals surface area contributed by atoms with Gasteiger partial charge in [-0.15, -0.1) is 13.2 Å². The molecule has 406 valence electrons. The number of nitrogens with zero attached hydrogens (tertiary/aromatic N) is 6. The van der Waals surface area contributed by atoms with Crippen molar-refractivity contribution in [1.29, 1.82) is 5.39 Å². The fourth-order valence-electron chi connectivity index (χ4n) is 11.6. The van der Waals surface area contributed by atoms with Crippen molar-refractivity contribution < 1.29 is 87.3 Å². The first-order valence-corrected chi connectivity index (χ1v) is 26.8. The van der Waals surface area contributed by atoms with Gasteiger partial charge >= 0.3 is 5.69 Å². The van der Waals surface area contributed by atoms with Gasteiger partial charge in [-0.1, -0.05) is 143 Å². The second-order valence-corrected chi connectivity index (χ2v) is 20.6. The Morgan fingerprint density at radius 1 is 0.447 bits per heavy atom. The molecule has 4 fully saturated rings. The summed E-state index contributed by atoms with van der Waals surface area (Å²) in [5, 5.41) is 8.72. The Kier molecular flexibility index (Phi) is 26.9. The van der Waals surface area contributed by atoms with Crippen molar-refractivity contribution in [2.75, 3.05) is 39.5 Å². The fourth-order valence-corrected chi connectivity index (χ4v) is 11.6. The van der Waals surface area contributed by atoms with Crippen LogP contribution in [0.25, 0.3) is 4.98 Å². The maximum absolute atomic E-state index is 12.7. The van der Waals surface area contributed by atoms with Crippen LogP contribution in [0.15, 0.2) is 135 Å². The number of fused-ring (bicyclic) bond motifs is 4. The van der Waals surface area contributed by atoms with Gasteiger partial charge in [-0.3, -0.25) is 19.2 Å². The Morgan fingerprint density at radius 2 is 0.789 bits per heavy atom. The van der Waals surface area contributed by atoms with Crippen molar-refractivity contribution in [3.63, 3.8) is 0 Å². The Bertz CT molecular complexity index is 2650. The number of hydrogen-bond acceptors (Lipinski definition) is 9. The summed E-state index contributed by atoms with van der Waals surface area (Å²) >= 11 is 0. The quantitative estimate of drug-likeness (QED) is 0.0814. The number of benzene rings is 4. The van der Waals surface area contributed by atoms with Crippen LogP contribution >= 0.6 is 0 Å². The van der Waals surface area contributed by atoms with Gasteiger partial charge in [0.25, 0.3) is 0 Å². The normalized spacial score (nSPS) is 17.7. The molecule has 8 aliphatic rings. The van der Waals surface area contributed by atoms with Crippen LogP contribution in [0.4, 0.5) is 5.69 Å². The molecule has 0 aromatic heterocycles. The van der Waals surface area contributed by atoms with E-state index in [0.29, 0.717) is 44.9 Å². The molecule has 0 amide bonds. The van der Waals surface area contributed by atoms with Crippen molar-refractivity contribution in [3.05, 3.63) is 190 Å². The molecule has 4 aromatic rings. The molecule has 0 N–H and O–H groups in total. The van der Waals surface area contributed by atoms with Crippen LogP contribution < -0.4 is 34.0 Å². The minimum absolute atomic E-state index is 0. The van der Waals surface area contributed by atoms with Crippen LogP contribution in [-0.4, -0.2) is 82.2 Å². The van der Waals surface area contributed by atoms with Gasteiger partial charge in [0.15, 0.2) is 28.1 Å². The van der Waals surface area contributed by atoms with Crippen molar-refractivity contribution in [3.8, 4) is 0 Å². The number of ketones is 4. The summed E-state index contributed by atoms with van der Waals surface area (Å²) in [6.07, 6.45) is 36.7. The predicted octanol–water partition coefficient (Wildman–Crippen LogP) is 7.84. The van der Waals surface area contributed by atoms with E-state index in [-0.39, 0.29) is 102 Å². The molecule has 0 atom stereocenters. The van der Waals surface area contributed by atoms with Gasteiger partial charge in [-0.05, 0) is 74.0 Å². The van der Waals surface area contributed by atoms with Gasteiger partial charge in [0, 0.05) is 142 Å². The van der Waals surface area contributed by atoms with Crippen LogP contribution in [0.3, 0.4) is 0 Å². The molecule has 14 heteroatoms. The molecule has 12 rings (SSSR count). The molecular formula is C62H73Br2Fe2N6O4-. The summed E-state index contributed by atoms with van der Waals surface area (Å²) in [5.41, 5.74) is 5.14. The number of rotatable bonds is 9. The van der Waals surface area contributed by atoms with E-state index in [1.807, 2.05) is 42.5 Å². The van der Waals surface area contributed by atoms with Crippen LogP contribution in [0, 0.1) is 17.2 Å². The molecule has 4 saturated carbocycles. The van der Waals surface area contributed by atoms with Crippen molar-refractivity contribution in [2.45, 2.75) is 115 Å². The summed E-state index contributed by atoms with van der Waals surface area (Å²) in [6, 6.07) is 24.1. The first-order valence-electron chi connectivity index (χ1n) is 26.8. The summed E-state index contributed by atoms with van der Waals surface area (Å²) in [4.78, 5) is 62.1. The van der Waals surface area contributed by atoms with Gasteiger partial charge in [0.1, 0.15) is 0 Å². The molecule has 10 nitrogen and oxygen atoms in total. The fraction of sp³-hybridized carbons (Fsp3) is 0.419. The van der Waals surface area contributed by atoms with Gasteiger partial charge < -0.3 is 53.6 Å². The third-order valence-electron chi connectivity index (χ3n) is 15.4. The smallest absolute Gasteiger partial charge is 0.385 e. The van der Waals surface area contributed by atoms with E-state index in [4.69, 9.17) is 5.39 Å². The maximum atomic E-state index is 12.7. The third kappa shape index (κ3) is 16.6. The molecule has 4 aromatic carbocycles. The molecule has 0 radical (unpaired) electrons. The standard InChI is InChI=1S/C19H16O2.C14H7N2O2.2C12H20N2.C5H10.2BrH.2Fe/c20-18-14-7-3-4-8-15(14)19(21)17-11-13(9-10-16(17)18)12-5-1-2-6-12;15-16-8-5-6-11-12(7-8)14(18)10-4-2-1-3-9(10)13(11)17;2*1-2-7-13-8-9-14(11-13)10-12-5-3-4-6-12;1-2-4-5-3-1;;;;/h3-4,7-12H,1-2,5-6H2;1-7H;2*2,8-9,12H,1,3-7,10-11H2;1-5H2;2*1H;;/q;+1;;;;;;;/p-2. The number of carbonyl (C=O) groups is 4. The van der Waals surface area contributed by atoms with Gasteiger partial charge in [0.2, 0.25) is 5.39 Å². The first-order chi connectivity index (χ1) is 35.2. The van der Waals surface area contributed by atoms with Crippen molar-refractivity contribution in [1.82, 2.24) is 19.6 Å². The van der Waals surface area contributed by atoms with Crippen LogP contribution in [-0.2, 0) is 34.1 Å². The number of halogens is 2. The van der Waals surface area contributed by atoms with E-state index >= 15 is 0 Å². The zero-order valence-electron chi connectivity index (χ0n) is 43.7. The van der Waals surface area contributed by atoms with Gasteiger partial charge in [-0.2, -0.15) is 0 Å². The molecule has 0 bridgehead atoms. The summed E-state index contributed by atoms with van der Waals surface area (Å²) < 4.78 is 0. The van der Waals surface area contributed by atoms with E-state index in [9.17, 15) is 19.2 Å². The van der Waals surface area contributed by atoms with Crippen molar-refractivity contribution >= 4 is 28.8 Å². The second-order valence-electron chi connectivity index (χ2n) is 20.6. The van der Waals surface area contributed by atoms with Crippen LogP contribution in [0.1, 0.15) is 184 Å². The maximum Gasteiger partial charge on any atom is 0.385 e. The van der Waals surface area contributed by atoms with Crippen molar-refractivity contribution in [2.24, 2.45) is 11.8 Å². The zero-order valence-corrected chi connectivity index (χ0v) is 49.1. The number of diazo groups is 1. The summed E-state index contributed by atoms with van der Waals surface area (Å²) in [5.74, 6) is 2.01. The summed E-state index contributed by atoms with van der Waals surface area (Å²) in [7, 11) is 0. The van der Waals surface area contributed by atoms with Crippen LogP contribution in [0.5, 0.6) is 0 Å². The molecule has 0 saturated heterocycles. The minimum atomic E-state index is -0.217. The molecule has 0 spiro atoms. The van der Waals surface area contributed by atoms with E-state index in [1.54, 1.807) is 36.4 Å². The molecule has 2 heterocycles. The van der Waals surface area contributed by atoms with E-state index in [2.05, 4.69) is 62.5 Å². The summed E-state index contributed by atoms with van der Waals surface area (Å²) in [6.45, 7) is 14.1. The molecule has 76 heavy (non-hydrogen) atoms. The van der Waals surface area contributed by atoms with Gasteiger partial charge in [-0.25, -0.2) is 0 Å². The molecule has 6 aliphatic carbocycles. The third-order valence-corrected chi connectivity index (χ3v) is 15.4. The van der Waals surface area contributed by atoms with E-state index in [0.717, 1.165) is 38.3 Å². The average molecular weight is 1240 g/mol. The zero-order chi connectivity index (χ0) is 50.2. The Balaban J connectivity index is 0.000000211. The van der Waals surface area contributed by atoms with Crippen LogP contribution in [0.2, 0.25) is 0 Å². The Morgan fingerprint density at radius 3 is 1.18 bits per heavy atom. The second kappa shape index (κ2) is 32.1. The first kappa shape index (κ1) is 63.7. The molecular weight excluding hydrogens is 1160 g/mol. The number of carbonyl (C=O) groups excluding carboxylic acids is 4. The largest absolute Gasteiger partial charge is 1.00 e. The predicted molar refractivity (Wildman–Crippen MR) is 288 cm³/mol. The number of hydrogen-bond donors (Lipinski definition) is 0. The average Bonchev–Trinajstić information content (AvgIpc) is 4.28.